The quantitative estimate of drug-likeness (QED) is 0.519. The lowest BCUT2D eigenvalue weighted by Crippen LogP contribution is -2.19. The van der Waals surface area contributed by atoms with Gasteiger partial charge in [0.15, 0.2) is 0 Å². The molecular weight excluding hydrogens is 297 g/mol. The molecule has 0 radical (unpaired) electrons. The number of carbonyl (C=O) groups is 1. The van der Waals surface area contributed by atoms with Gasteiger partial charge in [-0.2, -0.15) is 5.10 Å². The Morgan fingerprint density at radius 3 is 2.65 bits per heavy atom. The highest BCUT2D eigenvalue weighted by atomic mass is 35.5. The van der Waals surface area contributed by atoms with Crippen molar-refractivity contribution in [2.75, 3.05) is 5.73 Å². The number of anilines is 1. The van der Waals surface area contributed by atoms with Gasteiger partial charge < -0.3 is 5.73 Å². The van der Waals surface area contributed by atoms with E-state index in [9.17, 15) is 4.79 Å². The summed E-state index contributed by atoms with van der Waals surface area (Å²) >= 11 is 11.8. The topological polar surface area (TPSA) is 67.5 Å². The van der Waals surface area contributed by atoms with Crippen molar-refractivity contribution in [3.63, 3.8) is 0 Å². The standard InChI is InChI=1S/C14H11Cl2N3O/c15-10-6-5-9(12(16)7-10)8-18-19-14(20)11-3-1-2-4-13(11)17/h1-8H,17H2,(H,19,20)/b18-8-. The number of nitrogens with zero attached hydrogens (tertiary/aromatic N) is 1. The van der Waals surface area contributed by atoms with Crippen LogP contribution in [0.15, 0.2) is 47.6 Å². The number of hydrogen-bond donors (Lipinski definition) is 2. The van der Waals surface area contributed by atoms with Crippen molar-refractivity contribution < 1.29 is 4.79 Å². The summed E-state index contributed by atoms with van der Waals surface area (Å²) in [6, 6.07) is 11.7. The van der Waals surface area contributed by atoms with Crippen LogP contribution in [0.4, 0.5) is 5.69 Å². The average Bonchev–Trinajstić information content (AvgIpc) is 2.41. The maximum atomic E-state index is 11.8. The van der Waals surface area contributed by atoms with Crippen LogP contribution >= 0.6 is 23.2 Å². The first-order valence-corrected chi connectivity index (χ1v) is 6.46. The zero-order valence-corrected chi connectivity index (χ0v) is 11.8. The second-order valence-corrected chi connectivity index (χ2v) is 4.80. The lowest BCUT2D eigenvalue weighted by atomic mass is 10.2. The van der Waals surface area contributed by atoms with E-state index in [1.165, 1.54) is 6.21 Å². The molecule has 4 nitrogen and oxygen atoms in total. The van der Waals surface area contributed by atoms with Crippen LogP contribution in [0.3, 0.4) is 0 Å². The van der Waals surface area contributed by atoms with Gasteiger partial charge in [-0.1, -0.05) is 41.4 Å². The summed E-state index contributed by atoms with van der Waals surface area (Å²) in [6.45, 7) is 0. The summed E-state index contributed by atoms with van der Waals surface area (Å²) in [5.41, 5.74) is 9.50. The number of benzene rings is 2. The second-order valence-electron chi connectivity index (χ2n) is 3.95. The van der Waals surface area contributed by atoms with E-state index in [0.29, 0.717) is 26.9 Å². The molecule has 0 heterocycles. The molecule has 0 aromatic heterocycles. The van der Waals surface area contributed by atoms with E-state index in [-0.39, 0.29) is 5.91 Å². The summed E-state index contributed by atoms with van der Waals surface area (Å²) < 4.78 is 0. The number of nitrogens with one attached hydrogen (secondary N) is 1. The van der Waals surface area contributed by atoms with E-state index < -0.39 is 0 Å². The highest BCUT2D eigenvalue weighted by molar-refractivity contribution is 6.36. The fourth-order valence-electron chi connectivity index (χ4n) is 1.53. The van der Waals surface area contributed by atoms with E-state index in [1.807, 2.05) is 0 Å². The number of nitrogen functional groups attached to an aromatic ring is 1. The van der Waals surface area contributed by atoms with Gasteiger partial charge in [-0.25, -0.2) is 5.43 Å². The number of amides is 1. The van der Waals surface area contributed by atoms with Gasteiger partial charge in [0.25, 0.3) is 5.91 Å². The van der Waals surface area contributed by atoms with Crippen LogP contribution in [0.1, 0.15) is 15.9 Å². The van der Waals surface area contributed by atoms with E-state index >= 15 is 0 Å². The maximum absolute atomic E-state index is 11.8. The average molecular weight is 308 g/mol. The van der Waals surface area contributed by atoms with E-state index in [0.717, 1.165) is 0 Å². The van der Waals surface area contributed by atoms with E-state index in [2.05, 4.69) is 10.5 Å². The SMILES string of the molecule is Nc1ccccc1C(=O)N/N=C\c1ccc(Cl)cc1Cl. The van der Waals surface area contributed by atoms with E-state index in [1.54, 1.807) is 42.5 Å². The Kier molecular flexibility index (Phi) is 4.61. The molecule has 102 valence electrons. The number of nitrogens with two attached hydrogens (primary N) is 1. The number of carbonyl (C=O) groups excluding carboxylic acids is 1. The van der Waals surface area contributed by atoms with Crippen molar-refractivity contribution in [3.05, 3.63) is 63.6 Å². The Morgan fingerprint density at radius 1 is 1.20 bits per heavy atom. The van der Waals surface area contributed by atoms with Crippen LogP contribution in [-0.2, 0) is 0 Å². The van der Waals surface area contributed by atoms with Gasteiger partial charge in [0, 0.05) is 16.3 Å². The molecule has 0 aliphatic carbocycles. The van der Waals surface area contributed by atoms with Gasteiger partial charge in [0.05, 0.1) is 16.8 Å². The number of hydrazone groups is 1. The number of rotatable bonds is 3. The van der Waals surface area contributed by atoms with Crippen LogP contribution < -0.4 is 11.2 Å². The van der Waals surface area contributed by atoms with Crippen molar-refractivity contribution in [1.29, 1.82) is 0 Å². The lowest BCUT2D eigenvalue weighted by Gasteiger charge is -2.03. The summed E-state index contributed by atoms with van der Waals surface area (Å²) in [5.74, 6) is -0.385. The van der Waals surface area contributed by atoms with E-state index in [4.69, 9.17) is 28.9 Å². The molecule has 0 bridgehead atoms. The van der Waals surface area contributed by atoms with Gasteiger partial charge in [-0.05, 0) is 24.3 Å². The minimum Gasteiger partial charge on any atom is -0.398 e. The maximum Gasteiger partial charge on any atom is 0.273 e. The first kappa shape index (κ1) is 14.4. The summed E-state index contributed by atoms with van der Waals surface area (Å²) in [6.07, 6.45) is 1.44. The van der Waals surface area contributed by atoms with Gasteiger partial charge in [-0.3, -0.25) is 4.79 Å². The highest BCUT2D eigenvalue weighted by Gasteiger charge is 2.07. The summed E-state index contributed by atoms with van der Waals surface area (Å²) in [7, 11) is 0. The molecule has 0 spiro atoms. The van der Waals surface area contributed by atoms with Crippen molar-refractivity contribution in [1.82, 2.24) is 5.43 Å². The van der Waals surface area contributed by atoms with Crippen molar-refractivity contribution in [3.8, 4) is 0 Å². The molecule has 0 unspecified atom stereocenters. The highest BCUT2D eigenvalue weighted by Crippen LogP contribution is 2.19. The Morgan fingerprint density at radius 2 is 1.95 bits per heavy atom. The normalized spacial score (nSPS) is 10.7. The molecule has 0 fully saturated rings. The molecule has 0 saturated heterocycles. The molecule has 2 aromatic carbocycles. The zero-order chi connectivity index (χ0) is 14.5. The summed E-state index contributed by atoms with van der Waals surface area (Å²) in [5, 5.41) is 4.83. The third kappa shape index (κ3) is 3.50. The fourth-order valence-corrected chi connectivity index (χ4v) is 1.99. The predicted octanol–water partition coefficient (Wildman–Crippen LogP) is 3.34. The minimum absolute atomic E-state index is 0.367. The first-order valence-electron chi connectivity index (χ1n) is 5.71. The van der Waals surface area contributed by atoms with Crippen LogP contribution in [0, 0.1) is 0 Å². The van der Waals surface area contributed by atoms with Gasteiger partial charge in [0.2, 0.25) is 0 Å². The molecule has 2 aromatic rings. The van der Waals surface area contributed by atoms with Crippen LogP contribution in [0.2, 0.25) is 10.0 Å². The lowest BCUT2D eigenvalue weighted by molar-refractivity contribution is 0.0956. The zero-order valence-electron chi connectivity index (χ0n) is 10.3. The Hall–Kier alpha value is -2.04. The third-order valence-corrected chi connectivity index (χ3v) is 3.10. The largest absolute Gasteiger partial charge is 0.398 e. The third-order valence-electron chi connectivity index (χ3n) is 2.54. The smallest absolute Gasteiger partial charge is 0.273 e. The molecule has 3 N–H and O–H groups in total. The van der Waals surface area contributed by atoms with Crippen LogP contribution in [-0.4, -0.2) is 12.1 Å². The molecule has 6 heteroatoms. The van der Waals surface area contributed by atoms with Gasteiger partial charge in [-0.15, -0.1) is 0 Å². The molecule has 0 atom stereocenters. The van der Waals surface area contributed by atoms with Crippen molar-refractivity contribution in [2.24, 2.45) is 5.10 Å². The second kappa shape index (κ2) is 6.41. The Labute approximate surface area is 126 Å². The fraction of sp³-hybridized carbons (Fsp3) is 0. The predicted molar refractivity (Wildman–Crippen MR) is 82.4 cm³/mol. The molecule has 0 aliphatic heterocycles. The van der Waals surface area contributed by atoms with Crippen LogP contribution in [0.5, 0.6) is 0 Å². The molecule has 0 aliphatic rings. The summed E-state index contributed by atoms with van der Waals surface area (Å²) in [4.78, 5) is 11.8. The minimum atomic E-state index is -0.385. The molecule has 1 amide bonds. The first-order chi connectivity index (χ1) is 9.58. The van der Waals surface area contributed by atoms with Crippen molar-refractivity contribution in [2.45, 2.75) is 0 Å². The number of hydrogen-bond acceptors (Lipinski definition) is 3. The molecule has 20 heavy (non-hydrogen) atoms. The monoisotopic (exact) mass is 307 g/mol. The molecular formula is C14H11Cl2N3O. The van der Waals surface area contributed by atoms with Crippen LogP contribution in [0.25, 0.3) is 0 Å². The number of para-hydroxylation sites is 1. The van der Waals surface area contributed by atoms with Crippen molar-refractivity contribution >= 4 is 41.0 Å². The Bertz CT molecular complexity index is 671. The Balaban J connectivity index is 2.07. The molecule has 2 rings (SSSR count). The number of halogens is 2. The molecule has 0 saturated carbocycles. The van der Waals surface area contributed by atoms with Gasteiger partial charge in [0.1, 0.15) is 0 Å². The van der Waals surface area contributed by atoms with Gasteiger partial charge >= 0.3 is 0 Å².